The Labute approximate surface area is 149 Å². The van der Waals surface area contributed by atoms with Gasteiger partial charge < -0.3 is 5.32 Å². The molecule has 0 saturated heterocycles. The summed E-state index contributed by atoms with van der Waals surface area (Å²) in [6.07, 6.45) is 5.09. The van der Waals surface area contributed by atoms with E-state index in [0.717, 1.165) is 27.7 Å². The summed E-state index contributed by atoms with van der Waals surface area (Å²) in [5.74, 6) is 0.209. The van der Waals surface area contributed by atoms with Crippen molar-refractivity contribution in [2.24, 2.45) is 7.05 Å². The number of benzene rings is 1. The van der Waals surface area contributed by atoms with Crippen LogP contribution in [0, 0.1) is 6.92 Å². The lowest BCUT2D eigenvalue weighted by atomic mass is 10.1. The summed E-state index contributed by atoms with van der Waals surface area (Å²) >= 11 is 0. The Kier molecular flexibility index (Phi) is 3.92. The molecule has 0 atom stereocenters. The van der Waals surface area contributed by atoms with Crippen molar-refractivity contribution in [2.45, 2.75) is 13.5 Å². The number of nitrogens with zero attached hydrogens (tertiary/aromatic N) is 6. The van der Waals surface area contributed by atoms with Crippen molar-refractivity contribution in [2.75, 3.05) is 5.32 Å². The molecule has 0 bridgehead atoms. The molecule has 1 N–H and O–H groups in total. The molecule has 4 rings (SSSR count). The summed E-state index contributed by atoms with van der Waals surface area (Å²) in [7, 11) is 1.69. The molecule has 0 saturated carbocycles. The third-order valence-corrected chi connectivity index (χ3v) is 3.97. The molecule has 0 unspecified atom stereocenters. The molecule has 4 aromatic rings. The normalized spacial score (nSPS) is 11.0. The van der Waals surface area contributed by atoms with Crippen LogP contribution in [-0.2, 0) is 18.4 Å². The lowest BCUT2D eigenvalue weighted by molar-refractivity contribution is -0.116. The van der Waals surface area contributed by atoms with Crippen molar-refractivity contribution in [3.63, 3.8) is 0 Å². The molecule has 0 aliphatic rings. The number of aryl methyl sites for hydroxylation is 2. The molecule has 130 valence electrons. The Balaban J connectivity index is 1.50. The molecule has 0 radical (unpaired) electrons. The van der Waals surface area contributed by atoms with Crippen LogP contribution in [0.25, 0.3) is 22.0 Å². The second-order valence-corrected chi connectivity index (χ2v) is 6.05. The lowest BCUT2D eigenvalue weighted by Gasteiger charge is -2.03. The Hall–Kier alpha value is -3.55. The highest BCUT2D eigenvalue weighted by Gasteiger charge is 2.09. The zero-order valence-corrected chi connectivity index (χ0v) is 14.4. The van der Waals surface area contributed by atoms with E-state index in [-0.39, 0.29) is 12.5 Å². The maximum absolute atomic E-state index is 12.1. The van der Waals surface area contributed by atoms with Gasteiger partial charge in [0.15, 0.2) is 5.82 Å². The van der Waals surface area contributed by atoms with Gasteiger partial charge in [-0.3, -0.25) is 14.5 Å². The highest BCUT2D eigenvalue weighted by molar-refractivity contribution is 5.89. The predicted octanol–water partition coefficient (Wildman–Crippen LogP) is 2.17. The van der Waals surface area contributed by atoms with Gasteiger partial charge in [-0.15, -0.1) is 5.10 Å². The standard InChI is InChI=1S/C18H17N7O/c1-12-3-4-14-7-13(5-6-16(14)21-12)15-8-20-25(10-15)11-18(26)22-17-9-19-24(2)23-17/h3-10H,11H2,1-2H3,(H,22,23,26). The molecule has 0 spiro atoms. The minimum atomic E-state index is -0.210. The number of hydrogen-bond donors (Lipinski definition) is 1. The molecular formula is C18H17N7O. The van der Waals surface area contributed by atoms with E-state index >= 15 is 0 Å². The van der Waals surface area contributed by atoms with Crippen molar-refractivity contribution in [1.82, 2.24) is 29.8 Å². The lowest BCUT2D eigenvalue weighted by Crippen LogP contribution is -2.19. The molecule has 3 heterocycles. The topological polar surface area (TPSA) is 90.5 Å². The fourth-order valence-corrected chi connectivity index (χ4v) is 2.74. The zero-order chi connectivity index (χ0) is 18.1. The number of anilines is 1. The average molecular weight is 347 g/mol. The van der Waals surface area contributed by atoms with Crippen LogP contribution in [0.5, 0.6) is 0 Å². The van der Waals surface area contributed by atoms with Crippen molar-refractivity contribution in [3.05, 3.63) is 54.6 Å². The van der Waals surface area contributed by atoms with Gasteiger partial charge in [0.2, 0.25) is 5.91 Å². The fourth-order valence-electron chi connectivity index (χ4n) is 2.74. The fraction of sp³-hybridized carbons (Fsp3) is 0.167. The maximum Gasteiger partial charge on any atom is 0.247 e. The van der Waals surface area contributed by atoms with Crippen molar-refractivity contribution < 1.29 is 4.79 Å². The Morgan fingerprint density at radius 2 is 2.00 bits per heavy atom. The predicted molar refractivity (Wildman–Crippen MR) is 97.3 cm³/mol. The van der Waals surface area contributed by atoms with Crippen LogP contribution >= 0.6 is 0 Å². The maximum atomic E-state index is 12.1. The van der Waals surface area contributed by atoms with E-state index in [2.05, 4.69) is 37.7 Å². The van der Waals surface area contributed by atoms with Gasteiger partial charge in [0.05, 0.1) is 17.9 Å². The van der Waals surface area contributed by atoms with Gasteiger partial charge in [0.1, 0.15) is 6.54 Å². The van der Waals surface area contributed by atoms with Gasteiger partial charge in [0.25, 0.3) is 0 Å². The van der Waals surface area contributed by atoms with Crippen LogP contribution in [0.4, 0.5) is 5.82 Å². The molecule has 8 heteroatoms. The van der Waals surface area contributed by atoms with E-state index < -0.39 is 0 Å². The van der Waals surface area contributed by atoms with Crippen LogP contribution in [0.1, 0.15) is 5.69 Å². The molecule has 0 fully saturated rings. The van der Waals surface area contributed by atoms with E-state index in [1.807, 2.05) is 31.3 Å². The van der Waals surface area contributed by atoms with Gasteiger partial charge in [0, 0.05) is 29.9 Å². The minimum Gasteiger partial charge on any atom is -0.306 e. The number of amides is 1. The number of pyridine rings is 1. The number of aromatic nitrogens is 6. The van der Waals surface area contributed by atoms with Crippen LogP contribution in [0.3, 0.4) is 0 Å². The second kappa shape index (κ2) is 6.40. The SMILES string of the molecule is Cc1ccc2cc(-c3cnn(CC(=O)Nc4cnn(C)n4)c3)ccc2n1. The highest BCUT2D eigenvalue weighted by atomic mass is 16.2. The molecule has 8 nitrogen and oxygen atoms in total. The Morgan fingerprint density at radius 3 is 2.81 bits per heavy atom. The molecule has 3 aromatic heterocycles. The third-order valence-electron chi connectivity index (χ3n) is 3.97. The molecular weight excluding hydrogens is 330 g/mol. The average Bonchev–Trinajstić information content (AvgIpc) is 3.23. The number of fused-ring (bicyclic) bond motifs is 1. The summed E-state index contributed by atoms with van der Waals surface area (Å²) in [5.41, 5.74) is 3.93. The summed E-state index contributed by atoms with van der Waals surface area (Å²) < 4.78 is 1.60. The highest BCUT2D eigenvalue weighted by Crippen LogP contribution is 2.23. The number of carbonyl (C=O) groups is 1. The minimum absolute atomic E-state index is 0.102. The van der Waals surface area contributed by atoms with Gasteiger partial charge in [-0.2, -0.15) is 15.0 Å². The molecule has 1 amide bonds. The first-order chi connectivity index (χ1) is 12.6. The van der Waals surface area contributed by atoms with E-state index in [1.165, 1.54) is 11.0 Å². The van der Waals surface area contributed by atoms with E-state index in [9.17, 15) is 4.79 Å². The summed E-state index contributed by atoms with van der Waals surface area (Å²) in [6, 6.07) is 10.1. The molecule has 1 aromatic carbocycles. The van der Waals surface area contributed by atoms with Crippen LogP contribution < -0.4 is 5.32 Å². The number of nitrogens with one attached hydrogen (secondary N) is 1. The summed E-state index contributed by atoms with van der Waals surface area (Å²) in [6.45, 7) is 2.08. The summed E-state index contributed by atoms with van der Waals surface area (Å²) in [5, 5.41) is 16.0. The van der Waals surface area contributed by atoms with Gasteiger partial charge in [-0.1, -0.05) is 12.1 Å². The number of carbonyl (C=O) groups excluding carboxylic acids is 1. The Bertz CT molecular complexity index is 1100. The first kappa shape index (κ1) is 15.9. The Morgan fingerprint density at radius 1 is 1.12 bits per heavy atom. The largest absolute Gasteiger partial charge is 0.306 e. The second-order valence-electron chi connectivity index (χ2n) is 6.05. The summed E-state index contributed by atoms with van der Waals surface area (Å²) in [4.78, 5) is 18.0. The van der Waals surface area contributed by atoms with E-state index in [1.54, 1.807) is 17.9 Å². The zero-order valence-electron chi connectivity index (χ0n) is 14.4. The quantitative estimate of drug-likeness (QED) is 0.611. The van der Waals surface area contributed by atoms with Gasteiger partial charge in [-0.05, 0) is 30.7 Å². The van der Waals surface area contributed by atoms with E-state index in [4.69, 9.17) is 0 Å². The monoisotopic (exact) mass is 347 g/mol. The van der Waals surface area contributed by atoms with Crippen LogP contribution in [-0.4, -0.2) is 35.7 Å². The van der Waals surface area contributed by atoms with Crippen LogP contribution in [0.2, 0.25) is 0 Å². The molecule has 0 aliphatic carbocycles. The van der Waals surface area contributed by atoms with E-state index in [0.29, 0.717) is 5.82 Å². The van der Waals surface area contributed by atoms with Crippen molar-refractivity contribution in [3.8, 4) is 11.1 Å². The third kappa shape index (κ3) is 3.30. The number of hydrogen-bond acceptors (Lipinski definition) is 5. The molecule has 0 aliphatic heterocycles. The first-order valence-electron chi connectivity index (χ1n) is 8.13. The van der Waals surface area contributed by atoms with Crippen molar-refractivity contribution in [1.29, 1.82) is 0 Å². The van der Waals surface area contributed by atoms with Gasteiger partial charge in [-0.25, -0.2) is 0 Å². The van der Waals surface area contributed by atoms with Crippen molar-refractivity contribution >= 4 is 22.6 Å². The smallest absolute Gasteiger partial charge is 0.247 e. The molecule has 26 heavy (non-hydrogen) atoms. The van der Waals surface area contributed by atoms with Crippen LogP contribution in [0.15, 0.2) is 48.9 Å². The van der Waals surface area contributed by atoms with Gasteiger partial charge >= 0.3 is 0 Å². The number of rotatable bonds is 4. The first-order valence-corrected chi connectivity index (χ1v) is 8.13.